The Hall–Kier alpha value is -3.72. The Morgan fingerprint density at radius 3 is 2.61 bits per heavy atom. The van der Waals surface area contributed by atoms with Crippen molar-refractivity contribution >= 4 is 5.91 Å². The average molecular weight is 453 g/mol. The van der Waals surface area contributed by atoms with E-state index in [0.29, 0.717) is 36.9 Å². The molecule has 2 N–H and O–H groups in total. The van der Waals surface area contributed by atoms with Crippen molar-refractivity contribution in [1.29, 1.82) is 0 Å². The van der Waals surface area contributed by atoms with Crippen molar-refractivity contribution in [3.8, 4) is 22.9 Å². The van der Waals surface area contributed by atoms with Gasteiger partial charge in [0, 0.05) is 38.7 Å². The van der Waals surface area contributed by atoms with Gasteiger partial charge in [-0.3, -0.25) is 9.59 Å². The van der Waals surface area contributed by atoms with Gasteiger partial charge in [0.1, 0.15) is 23.8 Å². The zero-order chi connectivity index (χ0) is 23.5. The van der Waals surface area contributed by atoms with Crippen molar-refractivity contribution in [1.82, 2.24) is 20.5 Å². The summed E-state index contributed by atoms with van der Waals surface area (Å²) in [6.07, 6.45) is 1.13. The lowest BCUT2D eigenvalue weighted by Crippen LogP contribution is -2.27. The molecule has 0 fully saturated rings. The van der Waals surface area contributed by atoms with Crippen LogP contribution in [0, 0.1) is 0 Å². The average Bonchev–Trinajstić information content (AvgIpc) is 2.85. The fourth-order valence-electron chi connectivity index (χ4n) is 3.06. The normalized spacial score (nSPS) is 10.6. The van der Waals surface area contributed by atoms with Gasteiger partial charge < -0.3 is 24.5 Å². The first-order valence-corrected chi connectivity index (χ1v) is 10.7. The number of nitrogens with one attached hydrogen (secondary N) is 2. The number of carbonyl (C=O) groups is 1. The number of ether oxygens (including phenoxy) is 3. The highest BCUT2D eigenvalue weighted by molar-refractivity contribution is 5.76. The van der Waals surface area contributed by atoms with Crippen molar-refractivity contribution in [2.75, 3.05) is 27.4 Å². The number of amides is 1. The first kappa shape index (κ1) is 23.9. The van der Waals surface area contributed by atoms with Crippen LogP contribution in [0.25, 0.3) is 11.4 Å². The number of aromatic amines is 1. The van der Waals surface area contributed by atoms with Crippen molar-refractivity contribution in [3.63, 3.8) is 0 Å². The quantitative estimate of drug-likeness (QED) is 0.406. The zero-order valence-corrected chi connectivity index (χ0v) is 18.8. The lowest BCUT2D eigenvalue weighted by molar-refractivity contribution is -0.121. The largest absolute Gasteiger partial charge is 0.497 e. The summed E-state index contributed by atoms with van der Waals surface area (Å²) in [5.41, 5.74) is 1.57. The molecule has 0 spiro atoms. The molecule has 0 saturated heterocycles. The molecule has 9 nitrogen and oxygen atoms in total. The van der Waals surface area contributed by atoms with Gasteiger partial charge in [-0.25, -0.2) is 0 Å². The smallest absolute Gasteiger partial charge is 0.273 e. The SMILES string of the molecule is COCCCNC(=O)CCc1nnc(-c2ccc(OCc3cccc(OC)c3)cc2)[nH]c1=O. The number of aromatic nitrogens is 3. The summed E-state index contributed by atoms with van der Waals surface area (Å²) >= 11 is 0. The molecule has 174 valence electrons. The van der Waals surface area contributed by atoms with Crippen molar-refractivity contribution < 1.29 is 19.0 Å². The molecule has 1 heterocycles. The van der Waals surface area contributed by atoms with E-state index in [1.807, 2.05) is 24.3 Å². The molecule has 0 aliphatic rings. The molecular formula is C24H28N4O5. The van der Waals surface area contributed by atoms with Crippen LogP contribution in [0.1, 0.15) is 24.1 Å². The zero-order valence-electron chi connectivity index (χ0n) is 18.8. The van der Waals surface area contributed by atoms with Gasteiger partial charge in [0.25, 0.3) is 5.56 Å². The van der Waals surface area contributed by atoms with Crippen LogP contribution in [0.5, 0.6) is 11.5 Å². The summed E-state index contributed by atoms with van der Waals surface area (Å²) in [6.45, 7) is 1.52. The summed E-state index contributed by atoms with van der Waals surface area (Å²) in [4.78, 5) is 27.0. The van der Waals surface area contributed by atoms with Gasteiger partial charge in [0.15, 0.2) is 5.82 Å². The molecular weight excluding hydrogens is 424 g/mol. The Bertz CT molecular complexity index is 1100. The fourth-order valence-corrected chi connectivity index (χ4v) is 3.06. The Kier molecular flexibility index (Phi) is 8.96. The van der Waals surface area contributed by atoms with E-state index in [-0.39, 0.29) is 30.0 Å². The summed E-state index contributed by atoms with van der Waals surface area (Å²) in [7, 11) is 3.24. The van der Waals surface area contributed by atoms with E-state index in [1.54, 1.807) is 38.5 Å². The third kappa shape index (κ3) is 7.43. The highest BCUT2D eigenvalue weighted by Crippen LogP contribution is 2.20. The molecule has 3 rings (SSSR count). The molecule has 1 amide bonds. The second-order valence-corrected chi connectivity index (χ2v) is 7.31. The third-order valence-corrected chi connectivity index (χ3v) is 4.87. The fraction of sp³-hybridized carbons (Fsp3) is 0.333. The number of aryl methyl sites for hydroxylation is 1. The molecule has 0 saturated carbocycles. The van der Waals surface area contributed by atoms with Gasteiger partial charge in [0.05, 0.1) is 7.11 Å². The summed E-state index contributed by atoms with van der Waals surface area (Å²) in [6, 6.07) is 14.9. The molecule has 3 aromatic rings. The van der Waals surface area contributed by atoms with E-state index in [1.165, 1.54) is 0 Å². The van der Waals surface area contributed by atoms with Crippen LogP contribution in [0.4, 0.5) is 0 Å². The van der Waals surface area contributed by atoms with E-state index in [9.17, 15) is 9.59 Å². The lowest BCUT2D eigenvalue weighted by Gasteiger charge is -2.08. The minimum Gasteiger partial charge on any atom is -0.497 e. The highest BCUT2D eigenvalue weighted by Gasteiger charge is 2.10. The number of nitrogens with zero attached hydrogens (tertiary/aromatic N) is 2. The minimum absolute atomic E-state index is 0.138. The first-order chi connectivity index (χ1) is 16.1. The second kappa shape index (κ2) is 12.4. The Morgan fingerprint density at radius 1 is 1.06 bits per heavy atom. The highest BCUT2D eigenvalue weighted by atomic mass is 16.5. The number of hydrogen-bond acceptors (Lipinski definition) is 7. The molecule has 0 unspecified atom stereocenters. The van der Waals surface area contributed by atoms with Crippen LogP contribution in [-0.2, 0) is 22.6 Å². The Labute approximate surface area is 192 Å². The molecule has 1 aromatic heterocycles. The molecule has 9 heteroatoms. The lowest BCUT2D eigenvalue weighted by atomic mass is 10.2. The third-order valence-electron chi connectivity index (χ3n) is 4.87. The van der Waals surface area contributed by atoms with Crippen LogP contribution in [-0.4, -0.2) is 48.5 Å². The first-order valence-electron chi connectivity index (χ1n) is 10.7. The summed E-state index contributed by atoms with van der Waals surface area (Å²) in [5, 5.41) is 10.9. The summed E-state index contributed by atoms with van der Waals surface area (Å²) in [5.74, 6) is 1.68. The molecule has 0 atom stereocenters. The van der Waals surface area contributed by atoms with E-state index < -0.39 is 0 Å². The maximum absolute atomic E-state index is 12.4. The molecule has 33 heavy (non-hydrogen) atoms. The molecule has 0 aliphatic carbocycles. The number of carbonyl (C=O) groups excluding carboxylic acids is 1. The molecule has 0 bridgehead atoms. The molecule has 2 aromatic carbocycles. The van der Waals surface area contributed by atoms with E-state index >= 15 is 0 Å². The minimum atomic E-state index is -0.356. The number of H-pyrrole nitrogens is 1. The number of methoxy groups -OCH3 is 2. The van der Waals surface area contributed by atoms with E-state index in [2.05, 4.69) is 20.5 Å². The number of hydrogen-bond donors (Lipinski definition) is 2. The van der Waals surface area contributed by atoms with Crippen LogP contribution in [0.2, 0.25) is 0 Å². The van der Waals surface area contributed by atoms with Gasteiger partial charge in [-0.2, -0.15) is 0 Å². The van der Waals surface area contributed by atoms with Crippen molar-refractivity contribution in [3.05, 3.63) is 70.1 Å². The topological polar surface area (TPSA) is 115 Å². The molecule has 0 radical (unpaired) electrons. The second-order valence-electron chi connectivity index (χ2n) is 7.31. The van der Waals surface area contributed by atoms with Crippen LogP contribution in [0.3, 0.4) is 0 Å². The maximum atomic E-state index is 12.4. The monoisotopic (exact) mass is 452 g/mol. The van der Waals surface area contributed by atoms with Gasteiger partial charge in [-0.1, -0.05) is 12.1 Å². The standard InChI is InChI=1S/C24H28N4O5/c1-31-14-4-13-25-22(29)12-11-21-24(30)26-23(28-27-21)18-7-9-19(10-8-18)33-16-17-5-3-6-20(15-17)32-2/h3,5-10,15H,4,11-14,16H2,1-2H3,(H,25,29)(H,26,28,30). The Morgan fingerprint density at radius 2 is 1.88 bits per heavy atom. The van der Waals surface area contributed by atoms with Gasteiger partial charge >= 0.3 is 0 Å². The number of rotatable bonds is 12. The van der Waals surface area contributed by atoms with Crippen LogP contribution >= 0.6 is 0 Å². The Balaban J connectivity index is 1.53. The van der Waals surface area contributed by atoms with E-state index in [0.717, 1.165) is 17.7 Å². The van der Waals surface area contributed by atoms with Gasteiger partial charge in [0.2, 0.25) is 5.91 Å². The maximum Gasteiger partial charge on any atom is 0.273 e. The number of benzene rings is 2. The molecule has 0 aliphatic heterocycles. The van der Waals surface area contributed by atoms with Crippen LogP contribution < -0.4 is 20.3 Å². The van der Waals surface area contributed by atoms with Crippen molar-refractivity contribution in [2.45, 2.75) is 25.9 Å². The predicted octanol–water partition coefficient (Wildman–Crippen LogP) is 2.50. The predicted molar refractivity (Wildman–Crippen MR) is 123 cm³/mol. The van der Waals surface area contributed by atoms with Gasteiger partial charge in [-0.15, -0.1) is 10.2 Å². The van der Waals surface area contributed by atoms with Crippen LogP contribution in [0.15, 0.2) is 53.3 Å². The summed E-state index contributed by atoms with van der Waals surface area (Å²) < 4.78 is 16.0. The van der Waals surface area contributed by atoms with E-state index in [4.69, 9.17) is 14.2 Å². The van der Waals surface area contributed by atoms with Gasteiger partial charge in [-0.05, 0) is 48.4 Å². The van der Waals surface area contributed by atoms with Crippen molar-refractivity contribution in [2.24, 2.45) is 0 Å².